The summed E-state index contributed by atoms with van der Waals surface area (Å²) in [5, 5.41) is 8.32. The Labute approximate surface area is 166 Å². The van der Waals surface area contributed by atoms with E-state index in [1.165, 1.54) is 0 Å². The monoisotopic (exact) mass is 389 g/mol. The molecule has 1 fully saturated rings. The normalized spacial score (nSPS) is 15.9. The van der Waals surface area contributed by atoms with E-state index < -0.39 is 0 Å². The highest BCUT2D eigenvalue weighted by Crippen LogP contribution is 2.20. The van der Waals surface area contributed by atoms with Gasteiger partial charge in [0.2, 0.25) is 5.91 Å². The summed E-state index contributed by atoms with van der Waals surface area (Å²) in [5.74, 6) is 0.0245. The molecule has 1 aromatic heterocycles. The van der Waals surface area contributed by atoms with Crippen LogP contribution in [0.5, 0.6) is 0 Å². The molecule has 146 valence electrons. The van der Waals surface area contributed by atoms with Crippen LogP contribution in [-0.2, 0) is 17.9 Å². The van der Waals surface area contributed by atoms with Crippen LogP contribution >= 0.6 is 11.6 Å². The number of carbonyl (C=O) groups excluding carboxylic acids is 1. The summed E-state index contributed by atoms with van der Waals surface area (Å²) in [6.07, 6.45) is 0. The average Bonchev–Trinajstić information content (AvgIpc) is 2.92. The van der Waals surface area contributed by atoms with E-state index in [0.717, 1.165) is 66.9 Å². The highest BCUT2D eigenvalue weighted by molar-refractivity contribution is 6.31. The topological polar surface area (TPSA) is 53.4 Å². The molecular weight excluding hydrogens is 362 g/mol. The number of aryl methyl sites for hydroxylation is 2. The molecule has 1 aliphatic rings. The molecule has 3 rings (SSSR count). The predicted molar refractivity (Wildman–Crippen MR) is 109 cm³/mol. The van der Waals surface area contributed by atoms with Gasteiger partial charge in [0.25, 0.3) is 0 Å². The third-order valence-electron chi connectivity index (χ3n) is 5.13. The lowest BCUT2D eigenvalue weighted by Gasteiger charge is -2.34. The quantitative estimate of drug-likeness (QED) is 0.825. The third-order valence-corrected chi connectivity index (χ3v) is 5.50. The standard InChI is InChI=1S/C20H28ClN5O/c1-4-26-16(3)20(15(2)23-26)22-19(27)14-25-11-9-24(10-12-25)13-17-7-5-6-8-18(17)21/h5-8H,4,9-14H2,1-3H3,(H,22,27). The van der Waals surface area contributed by atoms with Crippen LogP contribution in [0.15, 0.2) is 24.3 Å². The predicted octanol–water partition coefficient (Wildman–Crippen LogP) is 2.93. The second-order valence-electron chi connectivity index (χ2n) is 7.05. The minimum atomic E-state index is 0.0245. The van der Waals surface area contributed by atoms with Gasteiger partial charge in [-0.3, -0.25) is 19.3 Å². The molecule has 1 N–H and O–H groups in total. The summed E-state index contributed by atoms with van der Waals surface area (Å²) >= 11 is 6.26. The Morgan fingerprint density at radius 2 is 1.81 bits per heavy atom. The van der Waals surface area contributed by atoms with Crippen molar-refractivity contribution in [3.63, 3.8) is 0 Å². The maximum absolute atomic E-state index is 12.5. The van der Waals surface area contributed by atoms with Crippen molar-refractivity contribution in [2.24, 2.45) is 0 Å². The minimum Gasteiger partial charge on any atom is -0.322 e. The van der Waals surface area contributed by atoms with Crippen LogP contribution in [0.3, 0.4) is 0 Å². The van der Waals surface area contributed by atoms with Gasteiger partial charge in [-0.05, 0) is 32.4 Å². The molecular formula is C20H28ClN5O. The first-order chi connectivity index (χ1) is 13.0. The molecule has 1 saturated heterocycles. The molecule has 0 unspecified atom stereocenters. The first-order valence-corrected chi connectivity index (χ1v) is 9.87. The Morgan fingerprint density at radius 1 is 1.15 bits per heavy atom. The van der Waals surface area contributed by atoms with Crippen LogP contribution in [-0.4, -0.2) is 58.2 Å². The first-order valence-electron chi connectivity index (χ1n) is 9.50. The number of halogens is 1. The Hall–Kier alpha value is -1.89. The summed E-state index contributed by atoms with van der Waals surface area (Å²) in [6, 6.07) is 7.98. The van der Waals surface area contributed by atoms with Gasteiger partial charge in [-0.15, -0.1) is 0 Å². The van der Waals surface area contributed by atoms with Gasteiger partial charge in [-0.1, -0.05) is 29.8 Å². The summed E-state index contributed by atoms with van der Waals surface area (Å²) in [7, 11) is 0. The van der Waals surface area contributed by atoms with Gasteiger partial charge < -0.3 is 5.32 Å². The smallest absolute Gasteiger partial charge is 0.238 e. The van der Waals surface area contributed by atoms with Gasteiger partial charge in [-0.2, -0.15) is 5.10 Å². The van der Waals surface area contributed by atoms with Crippen molar-refractivity contribution in [2.45, 2.75) is 33.9 Å². The van der Waals surface area contributed by atoms with Crippen LogP contribution in [0.25, 0.3) is 0 Å². The SMILES string of the molecule is CCn1nc(C)c(NC(=O)CN2CCN(Cc3ccccc3Cl)CC2)c1C. The number of amides is 1. The molecule has 0 spiro atoms. The van der Waals surface area contributed by atoms with E-state index in [-0.39, 0.29) is 5.91 Å². The zero-order valence-electron chi connectivity index (χ0n) is 16.3. The van der Waals surface area contributed by atoms with Crippen LogP contribution in [0, 0.1) is 13.8 Å². The highest BCUT2D eigenvalue weighted by atomic mass is 35.5. The molecule has 0 atom stereocenters. The zero-order valence-corrected chi connectivity index (χ0v) is 17.1. The summed E-state index contributed by atoms with van der Waals surface area (Å²) in [4.78, 5) is 17.1. The number of piperazine rings is 1. The number of carbonyl (C=O) groups is 1. The number of rotatable bonds is 6. The van der Waals surface area contributed by atoms with Crippen molar-refractivity contribution in [3.8, 4) is 0 Å². The molecule has 7 heteroatoms. The molecule has 6 nitrogen and oxygen atoms in total. The molecule has 1 aliphatic heterocycles. The third kappa shape index (κ3) is 4.89. The molecule has 1 amide bonds. The zero-order chi connectivity index (χ0) is 19.4. The van der Waals surface area contributed by atoms with Gasteiger partial charge in [0.15, 0.2) is 0 Å². The number of nitrogens with one attached hydrogen (secondary N) is 1. The van der Waals surface area contributed by atoms with Gasteiger partial charge in [0, 0.05) is 44.3 Å². The Bertz CT molecular complexity index is 796. The fourth-order valence-electron chi connectivity index (χ4n) is 3.54. The van der Waals surface area contributed by atoms with Crippen molar-refractivity contribution in [1.82, 2.24) is 19.6 Å². The fourth-order valence-corrected chi connectivity index (χ4v) is 3.74. The van der Waals surface area contributed by atoms with Crippen LogP contribution in [0.2, 0.25) is 5.02 Å². The van der Waals surface area contributed by atoms with Crippen molar-refractivity contribution in [1.29, 1.82) is 0 Å². The maximum Gasteiger partial charge on any atom is 0.238 e. The number of benzene rings is 1. The molecule has 0 radical (unpaired) electrons. The highest BCUT2D eigenvalue weighted by Gasteiger charge is 2.21. The fraction of sp³-hybridized carbons (Fsp3) is 0.500. The first kappa shape index (κ1) is 19.9. The van der Waals surface area contributed by atoms with E-state index in [1.807, 2.05) is 43.7 Å². The molecule has 0 saturated carbocycles. The average molecular weight is 390 g/mol. The van der Waals surface area contributed by atoms with E-state index in [4.69, 9.17) is 11.6 Å². The lowest BCUT2D eigenvalue weighted by atomic mass is 10.2. The van der Waals surface area contributed by atoms with E-state index >= 15 is 0 Å². The summed E-state index contributed by atoms with van der Waals surface area (Å²) in [6.45, 7) is 11.7. The molecule has 2 heterocycles. The lowest BCUT2D eigenvalue weighted by Crippen LogP contribution is -2.48. The van der Waals surface area contributed by atoms with Gasteiger partial charge in [-0.25, -0.2) is 0 Å². The van der Waals surface area contributed by atoms with Crippen molar-refractivity contribution < 1.29 is 4.79 Å². The molecule has 2 aromatic rings. The van der Waals surface area contributed by atoms with Crippen molar-refractivity contribution in [3.05, 3.63) is 46.2 Å². The maximum atomic E-state index is 12.5. The summed E-state index contributed by atoms with van der Waals surface area (Å²) < 4.78 is 1.92. The molecule has 0 aliphatic carbocycles. The largest absolute Gasteiger partial charge is 0.322 e. The number of nitrogens with zero attached hydrogens (tertiary/aromatic N) is 4. The van der Waals surface area contributed by atoms with E-state index in [0.29, 0.717) is 6.54 Å². The van der Waals surface area contributed by atoms with Gasteiger partial charge in [0.05, 0.1) is 23.6 Å². The van der Waals surface area contributed by atoms with Gasteiger partial charge >= 0.3 is 0 Å². The lowest BCUT2D eigenvalue weighted by molar-refractivity contribution is -0.117. The van der Waals surface area contributed by atoms with E-state index in [2.05, 4.69) is 26.3 Å². The number of aromatic nitrogens is 2. The van der Waals surface area contributed by atoms with E-state index in [1.54, 1.807) is 0 Å². The molecule has 27 heavy (non-hydrogen) atoms. The number of hydrogen-bond acceptors (Lipinski definition) is 4. The van der Waals surface area contributed by atoms with Crippen LogP contribution in [0.4, 0.5) is 5.69 Å². The van der Waals surface area contributed by atoms with Gasteiger partial charge in [0.1, 0.15) is 0 Å². The summed E-state index contributed by atoms with van der Waals surface area (Å²) in [5.41, 5.74) is 3.88. The second-order valence-corrected chi connectivity index (χ2v) is 7.46. The van der Waals surface area contributed by atoms with Crippen molar-refractivity contribution in [2.75, 3.05) is 38.0 Å². The van der Waals surface area contributed by atoms with E-state index in [9.17, 15) is 4.79 Å². The molecule has 1 aromatic carbocycles. The number of hydrogen-bond donors (Lipinski definition) is 1. The minimum absolute atomic E-state index is 0.0245. The Kier molecular flexibility index (Phi) is 6.52. The van der Waals surface area contributed by atoms with Crippen molar-refractivity contribution >= 4 is 23.2 Å². The van der Waals surface area contributed by atoms with Crippen LogP contribution < -0.4 is 5.32 Å². The molecule has 0 bridgehead atoms. The van der Waals surface area contributed by atoms with Crippen LogP contribution in [0.1, 0.15) is 23.9 Å². The Morgan fingerprint density at radius 3 is 2.44 bits per heavy atom. The number of anilines is 1. The second kappa shape index (κ2) is 8.87. The Balaban J connectivity index is 1.48.